The van der Waals surface area contributed by atoms with Crippen LogP contribution in [0.5, 0.6) is 0 Å². The maximum Gasteiger partial charge on any atom is 0.242 e. The van der Waals surface area contributed by atoms with Gasteiger partial charge in [-0.2, -0.15) is 0 Å². The topological polar surface area (TPSA) is 62.3 Å². The second-order valence-corrected chi connectivity index (χ2v) is 8.04. The number of piperidine rings is 1. The van der Waals surface area contributed by atoms with E-state index in [9.17, 15) is 8.42 Å². The van der Waals surface area contributed by atoms with Crippen molar-refractivity contribution in [1.82, 2.24) is 9.71 Å². The maximum absolute atomic E-state index is 12.4. The van der Waals surface area contributed by atoms with Crippen LogP contribution in [0.2, 0.25) is 5.02 Å². The van der Waals surface area contributed by atoms with E-state index in [0.29, 0.717) is 12.5 Å². The van der Waals surface area contributed by atoms with Crippen LogP contribution in [0.1, 0.15) is 12.8 Å². The van der Waals surface area contributed by atoms with Crippen LogP contribution in [-0.4, -0.2) is 33.0 Å². The van der Waals surface area contributed by atoms with E-state index in [2.05, 4.69) is 14.6 Å². The molecule has 0 bridgehead atoms. The Labute approximate surface area is 147 Å². The van der Waals surface area contributed by atoms with Crippen LogP contribution in [0.4, 0.5) is 5.82 Å². The van der Waals surface area contributed by atoms with E-state index in [1.54, 1.807) is 24.4 Å². The molecule has 0 atom stereocenters. The predicted octanol–water partition coefficient (Wildman–Crippen LogP) is 2.93. The molecule has 1 aliphatic rings. The summed E-state index contributed by atoms with van der Waals surface area (Å²) < 4.78 is 27.4. The minimum absolute atomic E-state index is 0.137. The lowest BCUT2D eigenvalue weighted by Gasteiger charge is -2.32. The highest BCUT2D eigenvalue weighted by Crippen LogP contribution is 2.23. The molecule has 1 saturated heterocycles. The second kappa shape index (κ2) is 7.51. The fraction of sp³-hybridized carbons (Fsp3) is 0.353. The van der Waals surface area contributed by atoms with Gasteiger partial charge in [-0.15, -0.1) is 0 Å². The summed E-state index contributed by atoms with van der Waals surface area (Å²) in [7, 11) is -3.56. The first kappa shape index (κ1) is 17.2. The van der Waals surface area contributed by atoms with Gasteiger partial charge in [0.1, 0.15) is 10.7 Å². The third kappa shape index (κ3) is 4.06. The number of hydrogen-bond donors (Lipinski definition) is 1. The summed E-state index contributed by atoms with van der Waals surface area (Å²) >= 11 is 5.98. The van der Waals surface area contributed by atoms with Crippen molar-refractivity contribution in [2.45, 2.75) is 17.7 Å². The standard InChI is InChI=1S/C17H20ClN3O2S/c18-15-5-1-2-6-16(15)24(22,23)20-13-14-8-11-21(12-9-14)17-7-3-4-10-19-17/h1-7,10,14,20H,8-9,11-13H2. The quantitative estimate of drug-likeness (QED) is 0.884. The van der Waals surface area contributed by atoms with Gasteiger partial charge in [0.2, 0.25) is 10.0 Å². The molecular weight excluding hydrogens is 346 g/mol. The molecule has 2 heterocycles. The molecule has 3 rings (SSSR count). The molecular formula is C17H20ClN3O2S. The Morgan fingerprint density at radius 2 is 1.83 bits per heavy atom. The zero-order valence-corrected chi connectivity index (χ0v) is 14.8. The van der Waals surface area contributed by atoms with E-state index < -0.39 is 10.0 Å². The fourth-order valence-electron chi connectivity index (χ4n) is 2.87. The van der Waals surface area contributed by atoms with Crippen LogP contribution in [0.25, 0.3) is 0 Å². The Hall–Kier alpha value is -1.63. The molecule has 128 valence electrons. The predicted molar refractivity (Wildman–Crippen MR) is 95.8 cm³/mol. The lowest BCUT2D eigenvalue weighted by molar-refractivity contribution is 0.400. The van der Waals surface area contributed by atoms with Gasteiger partial charge in [0.15, 0.2) is 0 Å². The van der Waals surface area contributed by atoms with E-state index in [0.717, 1.165) is 31.7 Å². The molecule has 2 aromatic rings. The summed E-state index contributed by atoms with van der Waals surface area (Å²) in [5.41, 5.74) is 0. The highest BCUT2D eigenvalue weighted by Gasteiger charge is 2.23. The Morgan fingerprint density at radius 3 is 2.50 bits per heavy atom. The zero-order chi connectivity index (χ0) is 17.0. The summed E-state index contributed by atoms with van der Waals surface area (Å²) in [5, 5.41) is 0.245. The van der Waals surface area contributed by atoms with Gasteiger partial charge in [-0.1, -0.05) is 29.8 Å². The molecule has 0 unspecified atom stereocenters. The summed E-state index contributed by atoms with van der Waals surface area (Å²) in [6.07, 6.45) is 3.66. The number of hydrogen-bond acceptors (Lipinski definition) is 4. The summed E-state index contributed by atoms with van der Waals surface area (Å²) in [6.45, 7) is 2.20. The van der Waals surface area contributed by atoms with Crippen molar-refractivity contribution in [3.05, 3.63) is 53.7 Å². The van der Waals surface area contributed by atoms with Gasteiger partial charge < -0.3 is 4.90 Å². The number of rotatable bonds is 5. The SMILES string of the molecule is O=S(=O)(NCC1CCN(c2ccccn2)CC1)c1ccccc1Cl. The van der Waals surface area contributed by atoms with Gasteiger partial charge >= 0.3 is 0 Å². The first-order valence-electron chi connectivity index (χ1n) is 7.96. The van der Waals surface area contributed by atoms with Crippen molar-refractivity contribution in [3.8, 4) is 0 Å². The summed E-state index contributed by atoms with van der Waals surface area (Å²) in [5.74, 6) is 1.30. The minimum Gasteiger partial charge on any atom is -0.357 e. The van der Waals surface area contributed by atoms with Crippen LogP contribution in [0.15, 0.2) is 53.6 Å². The normalized spacial score (nSPS) is 16.3. The van der Waals surface area contributed by atoms with Crippen LogP contribution in [-0.2, 0) is 10.0 Å². The van der Waals surface area contributed by atoms with Crippen molar-refractivity contribution in [1.29, 1.82) is 0 Å². The molecule has 1 fully saturated rings. The van der Waals surface area contributed by atoms with E-state index in [1.165, 1.54) is 6.07 Å². The zero-order valence-electron chi connectivity index (χ0n) is 13.2. The average molecular weight is 366 g/mol. The molecule has 7 heteroatoms. The lowest BCUT2D eigenvalue weighted by Crippen LogP contribution is -2.39. The number of anilines is 1. The molecule has 0 aliphatic carbocycles. The van der Waals surface area contributed by atoms with Gasteiger partial charge in [-0.05, 0) is 43.0 Å². The highest BCUT2D eigenvalue weighted by molar-refractivity contribution is 7.89. The van der Waals surface area contributed by atoms with E-state index in [4.69, 9.17) is 11.6 Å². The number of benzene rings is 1. The van der Waals surface area contributed by atoms with Crippen LogP contribution in [0.3, 0.4) is 0 Å². The number of pyridine rings is 1. The molecule has 1 aromatic carbocycles. The number of sulfonamides is 1. The lowest BCUT2D eigenvalue weighted by atomic mass is 9.97. The fourth-order valence-corrected chi connectivity index (χ4v) is 4.51. The largest absolute Gasteiger partial charge is 0.357 e. The average Bonchev–Trinajstić information content (AvgIpc) is 2.61. The van der Waals surface area contributed by atoms with Crippen molar-refractivity contribution in [2.75, 3.05) is 24.5 Å². The van der Waals surface area contributed by atoms with Gasteiger partial charge in [0, 0.05) is 25.8 Å². The summed E-state index contributed by atoms with van der Waals surface area (Å²) in [4.78, 5) is 6.73. The molecule has 24 heavy (non-hydrogen) atoms. The van der Waals surface area contributed by atoms with E-state index >= 15 is 0 Å². The Kier molecular flexibility index (Phi) is 5.38. The van der Waals surface area contributed by atoms with E-state index in [-0.39, 0.29) is 9.92 Å². The molecule has 5 nitrogen and oxygen atoms in total. The molecule has 0 amide bonds. The van der Waals surface area contributed by atoms with Crippen molar-refractivity contribution >= 4 is 27.4 Å². The first-order chi connectivity index (χ1) is 11.6. The van der Waals surface area contributed by atoms with Crippen molar-refractivity contribution in [3.63, 3.8) is 0 Å². The van der Waals surface area contributed by atoms with Gasteiger partial charge in [-0.25, -0.2) is 18.1 Å². The molecule has 1 N–H and O–H groups in total. The minimum atomic E-state index is -3.56. The van der Waals surface area contributed by atoms with Gasteiger partial charge in [0.05, 0.1) is 5.02 Å². The number of nitrogens with one attached hydrogen (secondary N) is 1. The molecule has 1 aromatic heterocycles. The first-order valence-corrected chi connectivity index (χ1v) is 9.82. The Morgan fingerprint density at radius 1 is 1.12 bits per heavy atom. The highest BCUT2D eigenvalue weighted by atomic mass is 35.5. The van der Waals surface area contributed by atoms with Gasteiger partial charge in [0.25, 0.3) is 0 Å². The monoisotopic (exact) mass is 365 g/mol. The Bertz CT molecular complexity index is 775. The van der Waals surface area contributed by atoms with Crippen LogP contribution < -0.4 is 9.62 Å². The Balaban J connectivity index is 1.54. The summed E-state index contributed by atoms with van der Waals surface area (Å²) in [6, 6.07) is 12.4. The number of nitrogens with zero attached hydrogens (tertiary/aromatic N) is 2. The molecule has 0 saturated carbocycles. The third-order valence-corrected chi connectivity index (χ3v) is 6.20. The third-order valence-electron chi connectivity index (χ3n) is 4.28. The van der Waals surface area contributed by atoms with Crippen LogP contribution in [0, 0.1) is 5.92 Å². The number of aromatic nitrogens is 1. The smallest absolute Gasteiger partial charge is 0.242 e. The van der Waals surface area contributed by atoms with Gasteiger partial charge in [-0.3, -0.25) is 0 Å². The molecule has 0 radical (unpaired) electrons. The maximum atomic E-state index is 12.4. The number of halogens is 1. The van der Waals surface area contributed by atoms with Crippen LogP contribution >= 0.6 is 11.6 Å². The van der Waals surface area contributed by atoms with E-state index in [1.807, 2.05) is 18.2 Å². The molecule has 1 aliphatic heterocycles. The van der Waals surface area contributed by atoms with Crippen molar-refractivity contribution < 1.29 is 8.42 Å². The second-order valence-electron chi connectivity index (χ2n) is 5.90. The molecule has 0 spiro atoms. The van der Waals surface area contributed by atoms with Crippen molar-refractivity contribution in [2.24, 2.45) is 5.92 Å².